The number of para-hydroxylation sites is 2. The number of aryl methyl sites for hydroxylation is 1. The van der Waals surface area contributed by atoms with Gasteiger partial charge >= 0.3 is 6.18 Å². The molecule has 3 aromatic rings. The third-order valence-electron chi connectivity index (χ3n) is 3.79. The van der Waals surface area contributed by atoms with Crippen LogP contribution in [0.4, 0.5) is 30.5 Å². The van der Waals surface area contributed by atoms with Gasteiger partial charge in [0.25, 0.3) is 5.91 Å². The predicted octanol–water partition coefficient (Wildman–Crippen LogP) is 4.80. The highest BCUT2D eigenvalue weighted by Gasteiger charge is 2.33. The van der Waals surface area contributed by atoms with E-state index in [-0.39, 0.29) is 17.2 Å². The van der Waals surface area contributed by atoms with Crippen molar-refractivity contribution in [1.82, 2.24) is 9.97 Å². The van der Waals surface area contributed by atoms with Gasteiger partial charge in [-0.05, 0) is 30.7 Å². The summed E-state index contributed by atoms with van der Waals surface area (Å²) in [7, 11) is 0. The van der Waals surface area contributed by atoms with Gasteiger partial charge in [0.05, 0.1) is 16.8 Å². The van der Waals surface area contributed by atoms with E-state index >= 15 is 0 Å². The number of nitrogens with one attached hydrogen (secondary N) is 2. The van der Waals surface area contributed by atoms with Gasteiger partial charge in [-0.3, -0.25) is 4.79 Å². The van der Waals surface area contributed by atoms with E-state index in [0.29, 0.717) is 0 Å². The largest absolute Gasteiger partial charge is 0.418 e. The maximum atomic E-state index is 13.0. The number of anilines is 3. The molecule has 2 N–H and O–H groups in total. The van der Waals surface area contributed by atoms with Gasteiger partial charge in [0.2, 0.25) is 5.95 Å². The molecule has 1 aromatic heterocycles. The summed E-state index contributed by atoms with van der Waals surface area (Å²) in [5.74, 6) is -0.453. The molecular formula is C19H15F3N4O. The highest BCUT2D eigenvalue weighted by atomic mass is 19.4. The Morgan fingerprint density at radius 3 is 2.15 bits per heavy atom. The van der Waals surface area contributed by atoms with E-state index in [2.05, 4.69) is 20.6 Å². The van der Waals surface area contributed by atoms with Crippen molar-refractivity contribution in [3.8, 4) is 0 Å². The predicted molar refractivity (Wildman–Crippen MR) is 95.9 cm³/mol. The quantitative estimate of drug-likeness (QED) is 0.690. The molecule has 0 aliphatic heterocycles. The van der Waals surface area contributed by atoms with Crippen molar-refractivity contribution < 1.29 is 18.0 Å². The molecule has 5 nitrogen and oxygen atoms in total. The summed E-state index contributed by atoms with van der Waals surface area (Å²) < 4.78 is 39.0. The van der Waals surface area contributed by atoms with E-state index < -0.39 is 17.6 Å². The Labute approximate surface area is 153 Å². The molecule has 27 heavy (non-hydrogen) atoms. The van der Waals surface area contributed by atoms with Crippen LogP contribution in [-0.2, 0) is 6.18 Å². The number of carbonyl (C=O) groups excluding carboxylic acids is 1. The van der Waals surface area contributed by atoms with Crippen molar-refractivity contribution in [2.75, 3.05) is 10.6 Å². The number of halogens is 3. The molecule has 0 unspecified atom stereocenters. The summed E-state index contributed by atoms with van der Waals surface area (Å²) in [4.78, 5) is 20.3. The molecule has 0 saturated carbocycles. The molecule has 0 aliphatic rings. The molecule has 0 spiro atoms. The Kier molecular flexibility index (Phi) is 5.07. The molecule has 0 aliphatic carbocycles. The second kappa shape index (κ2) is 7.45. The summed E-state index contributed by atoms with van der Waals surface area (Å²) in [6, 6.07) is 12.3. The number of aromatic nitrogens is 2. The third kappa shape index (κ3) is 4.41. The van der Waals surface area contributed by atoms with Crippen LogP contribution in [0.2, 0.25) is 0 Å². The molecule has 0 fully saturated rings. The first-order valence-electron chi connectivity index (χ1n) is 7.97. The maximum Gasteiger partial charge on any atom is 0.418 e. The van der Waals surface area contributed by atoms with Crippen molar-refractivity contribution in [3.05, 3.63) is 77.6 Å². The summed E-state index contributed by atoms with van der Waals surface area (Å²) in [5, 5.41) is 5.27. The second-order valence-electron chi connectivity index (χ2n) is 5.73. The molecule has 8 heteroatoms. The number of benzene rings is 2. The molecular weight excluding hydrogens is 357 g/mol. The minimum atomic E-state index is -4.57. The third-order valence-corrected chi connectivity index (χ3v) is 3.79. The Morgan fingerprint density at radius 1 is 0.926 bits per heavy atom. The highest BCUT2D eigenvalue weighted by molar-refractivity contribution is 6.04. The van der Waals surface area contributed by atoms with Gasteiger partial charge in [-0.1, -0.05) is 30.3 Å². The van der Waals surface area contributed by atoms with Crippen molar-refractivity contribution in [2.24, 2.45) is 0 Å². The van der Waals surface area contributed by atoms with E-state index in [4.69, 9.17) is 0 Å². The van der Waals surface area contributed by atoms with Crippen LogP contribution in [0.15, 0.2) is 60.9 Å². The lowest BCUT2D eigenvalue weighted by Gasteiger charge is -2.13. The standard InChI is InChI=1S/C19H15F3N4O/c1-12-6-2-4-8-15(12)26-18-23-10-13(11-24-18)17(27)25-16-9-5-3-7-14(16)19(20,21)22/h2-11H,1H3,(H,25,27)(H,23,24,26). The van der Waals surface area contributed by atoms with E-state index in [1.54, 1.807) is 0 Å². The minimum Gasteiger partial charge on any atom is -0.324 e. The van der Waals surface area contributed by atoms with Crippen LogP contribution in [0, 0.1) is 6.92 Å². The van der Waals surface area contributed by atoms with E-state index in [1.165, 1.54) is 30.6 Å². The molecule has 138 valence electrons. The van der Waals surface area contributed by atoms with Crippen LogP contribution in [0.1, 0.15) is 21.5 Å². The minimum absolute atomic E-state index is 0.0438. The molecule has 1 heterocycles. The van der Waals surface area contributed by atoms with E-state index in [9.17, 15) is 18.0 Å². The average molecular weight is 372 g/mol. The number of carbonyl (C=O) groups is 1. The van der Waals surface area contributed by atoms with E-state index in [1.807, 2.05) is 31.2 Å². The Hall–Kier alpha value is -3.42. The Balaban J connectivity index is 1.75. The first-order valence-corrected chi connectivity index (χ1v) is 7.97. The first kappa shape index (κ1) is 18.4. The van der Waals surface area contributed by atoms with Crippen molar-refractivity contribution in [2.45, 2.75) is 13.1 Å². The fourth-order valence-corrected chi connectivity index (χ4v) is 2.38. The van der Waals surface area contributed by atoms with Gasteiger partial charge < -0.3 is 10.6 Å². The van der Waals surface area contributed by atoms with Crippen LogP contribution in [-0.4, -0.2) is 15.9 Å². The molecule has 2 aromatic carbocycles. The second-order valence-corrected chi connectivity index (χ2v) is 5.73. The topological polar surface area (TPSA) is 66.9 Å². The smallest absolute Gasteiger partial charge is 0.324 e. The van der Waals surface area contributed by atoms with Gasteiger partial charge in [-0.25, -0.2) is 9.97 Å². The number of rotatable bonds is 4. The molecule has 0 atom stereocenters. The molecule has 3 rings (SSSR count). The fraction of sp³-hybridized carbons (Fsp3) is 0.105. The summed E-state index contributed by atoms with van der Waals surface area (Å²) >= 11 is 0. The van der Waals surface area contributed by atoms with Crippen molar-refractivity contribution >= 4 is 23.2 Å². The van der Waals surface area contributed by atoms with E-state index in [0.717, 1.165) is 17.3 Å². The van der Waals surface area contributed by atoms with Crippen LogP contribution < -0.4 is 10.6 Å². The molecule has 1 amide bonds. The number of alkyl halides is 3. The normalized spacial score (nSPS) is 11.1. The van der Waals surface area contributed by atoms with Crippen LogP contribution in [0.25, 0.3) is 0 Å². The Bertz CT molecular complexity index is 956. The van der Waals surface area contributed by atoms with Gasteiger partial charge in [0, 0.05) is 18.1 Å². The van der Waals surface area contributed by atoms with Gasteiger partial charge in [-0.15, -0.1) is 0 Å². The van der Waals surface area contributed by atoms with Gasteiger partial charge in [0.15, 0.2) is 0 Å². The average Bonchev–Trinajstić information content (AvgIpc) is 2.64. The summed E-state index contributed by atoms with van der Waals surface area (Å²) in [5.41, 5.74) is 0.608. The molecule has 0 saturated heterocycles. The van der Waals surface area contributed by atoms with Crippen LogP contribution in [0.3, 0.4) is 0 Å². The zero-order valence-electron chi connectivity index (χ0n) is 14.2. The highest BCUT2D eigenvalue weighted by Crippen LogP contribution is 2.34. The molecule has 0 bridgehead atoms. The van der Waals surface area contributed by atoms with Crippen LogP contribution >= 0.6 is 0 Å². The van der Waals surface area contributed by atoms with Gasteiger partial charge in [0.1, 0.15) is 0 Å². The number of amides is 1. The van der Waals surface area contributed by atoms with Crippen molar-refractivity contribution in [3.63, 3.8) is 0 Å². The SMILES string of the molecule is Cc1ccccc1Nc1ncc(C(=O)Nc2ccccc2C(F)(F)F)cn1. The fourth-order valence-electron chi connectivity index (χ4n) is 2.38. The lowest BCUT2D eigenvalue weighted by molar-refractivity contribution is -0.136. The summed E-state index contributed by atoms with van der Waals surface area (Å²) in [6.07, 6.45) is -2.07. The lowest BCUT2D eigenvalue weighted by Crippen LogP contribution is -2.17. The monoisotopic (exact) mass is 372 g/mol. The van der Waals surface area contributed by atoms with Gasteiger partial charge in [-0.2, -0.15) is 13.2 Å². The maximum absolute atomic E-state index is 13.0. The zero-order valence-corrected chi connectivity index (χ0v) is 14.2. The van der Waals surface area contributed by atoms with Crippen LogP contribution in [0.5, 0.6) is 0 Å². The first-order chi connectivity index (χ1) is 12.8. The Morgan fingerprint density at radius 2 is 1.52 bits per heavy atom. The zero-order chi connectivity index (χ0) is 19.4. The number of nitrogens with zero attached hydrogens (tertiary/aromatic N) is 2. The lowest BCUT2D eigenvalue weighted by atomic mass is 10.1. The van der Waals surface area contributed by atoms with Crippen molar-refractivity contribution in [1.29, 1.82) is 0 Å². The number of hydrogen-bond donors (Lipinski definition) is 2. The summed E-state index contributed by atoms with van der Waals surface area (Å²) in [6.45, 7) is 1.92. The number of hydrogen-bond acceptors (Lipinski definition) is 4. The molecule has 0 radical (unpaired) electrons.